The number of benzene rings is 1. The highest BCUT2D eigenvalue weighted by atomic mass is 127. The van der Waals surface area contributed by atoms with E-state index in [0.717, 1.165) is 25.0 Å². The van der Waals surface area contributed by atoms with Crippen molar-refractivity contribution in [3.05, 3.63) is 35.4 Å². The fourth-order valence-electron chi connectivity index (χ4n) is 2.99. The van der Waals surface area contributed by atoms with Gasteiger partial charge in [0.15, 0.2) is 5.96 Å². The third kappa shape index (κ3) is 8.63. The van der Waals surface area contributed by atoms with E-state index in [2.05, 4.69) is 15.6 Å². The molecule has 0 bridgehead atoms. The van der Waals surface area contributed by atoms with Crippen LogP contribution < -0.4 is 10.6 Å². The summed E-state index contributed by atoms with van der Waals surface area (Å²) < 4.78 is 51.7. The van der Waals surface area contributed by atoms with Gasteiger partial charge >= 0.3 is 0 Å². The molecule has 0 saturated carbocycles. The average molecular weight is 502 g/mol. The Kier molecular flexibility index (Phi) is 11.0. The summed E-state index contributed by atoms with van der Waals surface area (Å²) in [6.07, 6.45) is -0.486. The van der Waals surface area contributed by atoms with E-state index in [9.17, 15) is 17.6 Å². The van der Waals surface area contributed by atoms with E-state index < -0.39 is 18.1 Å². The molecule has 1 fully saturated rings. The Bertz CT molecular complexity index is 593. The molecular formula is C18H27F4IN4. The minimum Gasteiger partial charge on any atom is -0.357 e. The lowest BCUT2D eigenvalue weighted by Crippen LogP contribution is -2.49. The SMILES string of the molecule is CCNC(=NCCc1cc(F)ccc1F)NC1CCN(CC(F)F)CC1.I. The quantitative estimate of drug-likeness (QED) is 0.260. The van der Waals surface area contributed by atoms with E-state index in [1.165, 1.54) is 6.07 Å². The fourth-order valence-corrected chi connectivity index (χ4v) is 2.99. The predicted octanol–water partition coefficient (Wildman–Crippen LogP) is 3.41. The molecule has 0 aromatic heterocycles. The number of rotatable bonds is 7. The lowest BCUT2D eigenvalue weighted by atomic mass is 10.1. The number of hydrogen-bond donors (Lipinski definition) is 2. The summed E-state index contributed by atoms with van der Waals surface area (Å²) in [7, 11) is 0. The Morgan fingerprint density at radius 3 is 2.59 bits per heavy atom. The number of hydrogen-bond acceptors (Lipinski definition) is 2. The minimum atomic E-state index is -2.30. The van der Waals surface area contributed by atoms with E-state index in [0.29, 0.717) is 44.1 Å². The molecule has 2 rings (SSSR count). The van der Waals surface area contributed by atoms with Gasteiger partial charge in [-0.25, -0.2) is 17.6 Å². The second kappa shape index (κ2) is 12.4. The maximum absolute atomic E-state index is 13.6. The molecule has 1 heterocycles. The van der Waals surface area contributed by atoms with Crippen LogP contribution in [0.2, 0.25) is 0 Å². The molecule has 1 aliphatic rings. The highest BCUT2D eigenvalue weighted by Crippen LogP contribution is 2.12. The molecule has 9 heteroatoms. The zero-order valence-electron chi connectivity index (χ0n) is 15.4. The van der Waals surface area contributed by atoms with E-state index in [-0.39, 0.29) is 36.6 Å². The van der Waals surface area contributed by atoms with Gasteiger partial charge in [-0.05, 0) is 49.9 Å². The largest absolute Gasteiger partial charge is 0.357 e. The first-order valence-electron chi connectivity index (χ1n) is 8.97. The maximum Gasteiger partial charge on any atom is 0.251 e. The van der Waals surface area contributed by atoms with Crippen LogP contribution in [-0.2, 0) is 6.42 Å². The molecular weight excluding hydrogens is 475 g/mol. The molecule has 1 saturated heterocycles. The zero-order chi connectivity index (χ0) is 18.9. The summed E-state index contributed by atoms with van der Waals surface area (Å²) in [6, 6.07) is 3.55. The fraction of sp³-hybridized carbons (Fsp3) is 0.611. The second-order valence-electron chi connectivity index (χ2n) is 6.36. The first kappa shape index (κ1) is 23.9. The van der Waals surface area contributed by atoms with Crippen LogP contribution in [0.1, 0.15) is 25.3 Å². The highest BCUT2D eigenvalue weighted by Gasteiger charge is 2.21. The van der Waals surface area contributed by atoms with Gasteiger partial charge in [0.05, 0.1) is 6.54 Å². The van der Waals surface area contributed by atoms with Gasteiger partial charge in [-0.15, -0.1) is 24.0 Å². The number of nitrogens with zero attached hydrogens (tertiary/aromatic N) is 2. The molecule has 0 radical (unpaired) electrons. The standard InChI is InChI=1S/C18H26F4N4.HI/c1-2-23-18(24-8-5-13-11-14(19)3-4-16(13)20)25-15-6-9-26(10-7-15)12-17(21)22;/h3-4,11,15,17H,2,5-10,12H2,1H3,(H2,23,24,25);1H. The summed E-state index contributed by atoms with van der Waals surface area (Å²) in [5.41, 5.74) is 0.296. The summed E-state index contributed by atoms with van der Waals surface area (Å²) in [5, 5.41) is 6.42. The van der Waals surface area contributed by atoms with Crippen LogP contribution in [0.4, 0.5) is 17.6 Å². The van der Waals surface area contributed by atoms with Crippen molar-refractivity contribution in [2.75, 3.05) is 32.7 Å². The number of aliphatic imine (C=N–C) groups is 1. The number of guanidine groups is 1. The van der Waals surface area contributed by atoms with E-state index >= 15 is 0 Å². The van der Waals surface area contributed by atoms with E-state index in [1.54, 1.807) is 4.90 Å². The van der Waals surface area contributed by atoms with Gasteiger partial charge in [0.2, 0.25) is 0 Å². The maximum atomic E-state index is 13.6. The molecule has 27 heavy (non-hydrogen) atoms. The van der Waals surface area contributed by atoms with Crippen LogP contribution in [0.5, 0.6) is 0 Å². The van der Waals surface area contributed by atoms with Crippen LogP contribution in [0.3, 0.4) is 0 Å². The van der Waals surface area contributed by atoms with Crippen molar-refractivity contribution >= 4 is 29.9 Å². The van der Waals surface area contributed by atoms with Crippen molar-refractivity contribution in [1.82, 2.24) is 15.5 Å². The Labute approximate surface area is 174 Å². The Balaban J connectivity index is 0.00000364. The average Bonchev–Trinajstić information content (AvgIpc) is 2.59. The summed E-state index contributed by atoms with van der Waals surface area (Å²) in [4.78, 5) is 6.18. The molecule has 1 aromatic rings. The van der Waals surface area contributed by atoms with Gasteiger partial charge in [-0.3, -0.25) is 9.89 Å². The van der Waals surface area contributed by atoms with Crippen LogP contribution in [0.15, 0.2) is 23.2 Å². The molecule has 4 nitrogen and oxygen atoms in total. The number of alkyl halides is 2. The third-order valence-electron chi connectivity index (χ3n) is 4.33. The van der Waals surface area contributed by atoms with Crippen LogP contribution in [0.25, 0.3) is 0 Å². The normalized spacial score (nSPS) is 16.3. The molecule has 2 N–H and O–H groups in total. The van der Waals surface area contributed by atoms with Crippen LogP contribution in [0, 0.1) is 11.6 Å². The summed E-state index contributed by atoms with van der Waals surface area (Å²) in [5.74, 6) is -0.298. The molecule has 1 aliphatic heterocycles. The van der Waals surface area contributed by atoms with Crippen molar-refractivity contribution in [3.63, 3.8) is 0 Å². The van der Waals surface area contributed by atoms with Crippen molar-refractivity contribution in [2.45, 2.75) is 38.7 Å². The summed E-state index contributed by atoms with van der Waals surface area (Å²) in [6.45, 7) is 3.99. The van der Waals surface area contributed by atoms with Crippen molar-refractivity contribution < 1.29 is 17.6 Å². The third-order valence-corrected chi connectivity index (χ3v) is 4.33. The van der Waals surface area contributed by atoms with Crippen molar-refractivity contribution in [2.24, 2.45) is 4.99 Å². The van der Waals surface area contributed by atoms with E-state index in [1.807, 2.05) is 6.92 Å². The number of nitrogens with one attached hydrogen (secondary N) is 2. The van der Waals surface area contributed by atoms with Crippen molar-refractivity contribution in [1.29, 1.82) is 0 Å². The molecule has 0 spiro atoms. The predicted molar refractivity (Wildman–Crippen MR) is 110 cm³/mol. The van der Waals surface area contributed by atoms with Gasteiger partial charge in [-0.1, -0.05) is 0 Å². The van der Waals surface area contributed by atoms with Crippen LogP contribution >= 0.6 is 24.0 Å². The van der Waals surface area contributed by atoms with Gasteiger partial charge in [0.25, 0.3) is 6.43 Å². The lowest BCUT2D eigenvalue weighted by molar-refractivity contribution is 0.0744. The molecule has 1 aromatic carbocycles. The molecule has 0 amide bonds. The Morgan fingerprint density at radius 1 is 1.26 bits per heavy atom. The van der Waals surface area contributed by atoms with E-state index in [4.69, 9.17) is 0 Å². The van der Waals surface area contributed by atoms with Gasteiger partial charge in [0, 0.05) is 32.2 Å². The first-order chi connectivity index (χ1) is 12.5. The van der Waals surface area contributed by atoms with Crippen molar-refractivity contribution in [3.8, 4) is 0 Å². The topological polar surface area (TPSA) is 39.7 Å². The smallest absolute Gasteiger partial charge is 0.251 e. The van der Waals surface area contributed by atoms with Gasteiger partial charge < -0.3 is 10.6 Å². The molecule has 0 atom stereocenters. The highest BCUT2D eigenvalue weighted by molar-refractivity contribution is 14.0. The number of halogens is 5. The minimum absolute atomic E-state index is 0. The monoisotopic (exact) mass is 502 g/mol. The molecule has 154 valence electrons. The van der Waals surface area contributed by atoms with Gasteiger partial charge in [-0.2, -0.15) is 0 Å². The molecule has 0 unspecified atom stereocenters. The number of likely N-dealkylation sites (tertiary alicyclic amines) is 1. The first-order valence-corrected chi connectivity index (χ1v) is 8.97. The Morgan fingerprint density at radius 2 is 1.96 bits per heavy atom. The number of piperidine rings is 1. The zero-order valence-corrected chi connectivity index (χ0v) is 17.7. The summed E-state index contributed by atoms with van der Waals surface area (Å²) >= 11 is 0. The Hall–Kier alpha value is -1.10. The lowest BCUT2D eigenvalue weighted by Gasteiger charge is -2.32. The molecule has 0 aliphatic carbocycles. The van der Waals surface area contributed by atoms with Crippen LogP contribution in [-0.4, -0.2) is 56.1 Å². The van der Waals surface area contributed by atoms with Gasteiger partial charge in [0.1, 0.15) is 11.6 Å². The second-order valence-corrected chi connectivity index (χ2v) is 6.36.